The summed E-state index contributed by atoms with van der Waals surface area (Å²) in [7, 11) is 0. The summed E-state index contributed by atoms with van der Waals surface area (Å²) in [5.74, 6) is 0. The molecule has 0 fully saturated rings. The Morgan fingerprint density at radius 3 is 1.44 bits per heavy atom. The summed E-state index contributed by atoms with van der Waals surface area (Å²) in [6.07, 6.45) is 0. The summed E-state index contributed by atoms with van der Waals surface area (Å²) in [5, 5.41) is 12.6. The molecule has 0 aliphatic carbocycles. The maximum Gasteiger partial charge on any atom is 0.0546 e. The molecule has 57 heavy (non-hydrogen) atoms. The first-order valence-electron chi connectivity index (χ1n) is 19.7. The first-order valence-corrected chi connectivity index (χ1v) is 19.7. The van der Waals surface area contributed by atoms with Gasteiger partial charge in [-0.1, -0.05) is 188 Å². The van der Waals surface area contributed by atoms with E-state index in [1.165, 1.54) is 87.2 Å². The Labute approximate surface area is 332 Å². The van der Waals surface area contributed by atoms with Crippen LogP contribution in [0.2, 0.25) is 0 Å². The number of hydrogen-bond donors (Lipinski definition) is 0. The number of fused-ring (bicyclic) bond motifs is 7. The molecule has 0 atom stereocenters. The molecule has 0 amide bonds. The fourth-order valence-electron chi connectivity index (χ4n) is 8.88. The third-order valence-electron chi connectivity index (χ3n) is 11.6. The lowest BCUT2D eigenvalue weighted by Crippen LogP contribution is -2.10. The number of anilines is 3. The molecule has 0 aliphatic heterocycles. The monoisotopic (exact) mass is 723 g/mol. The molecule has 11 aromatic rings. The first kappa shape index (κ1) is 32.9. The Morgan fingerprint density at radius 2 is 0.702 bits per heavy atom. The van der Waals surface area contributed by atoms with Gasteiger partial charge in [-0.25, -0.2) is 0 Å². The minimum absolute atomic E-state index is 1.11. The highest BCUT2D eigenvalue weighted by Crippen LogP contribution is 2.43. The van der Waals surface area contributed by atoms with Crippen LogP contribution in [0.1, 0.15) is 0 Å². The van der Waals surface area contributed by atoms with Gasteiger partial charge in [0.1, 0.15) is 0 Å². The second-order valence-electron chi connectivity index (χ2n) is 14.9. The van der Waals surface area contributed by atoms with Crippen LogP contribution in [0.25, 0.3) is 87.2 Å². The Kier molecular flexibility index (Phi) is 7.89. The molecule has 1 heteroatoms. The summed E-state index contributed by atoms with van der Waals surface area (Å²) >= 11 is 0. The van der Waals surface area contributed by atoms with E-state index < -0.39 is 0 Å². The molecule has 0 aliphatic rings. The van der Waals surface area contributed by atoms with Gasteiger partial charge in [0, 0.05) is 16.8 Å². The quantitative estimate of drug-likeness (QED) is 0.154. The first-order chi connectivity index (χ1) is 28.3. The molecule has 0 saturated carbocycles. The van der Waals surface area contributed by atoms with Gasteiger partial charge in [-0.05, 0) is 118 Å². The molecule has 0 heterocycles. The zero-order valence-corrected chi connectivity index (χ0v) is 31.3. The maximum atomic E-state index is 2.42. The van der Waals surface area contributed by atoms with Crippen LogP contribution in [0.3, 0.4) is 0 Å². The summed E-state index contributed by atoms with van der Waals surface area (Å²) in [4.78, 5) is 2.42. The zero-order chi connectivity index (χ0) is 37.7. The lowest BCUT2D eigenvalue weighted by molar-refractivity contribution is 1.30. The van der Waals surface area contributed by atoms with Gasteiger partial charge < -0.3 is 4.90 Å². The van der Waals surface area contributed by atoms with Crippen molar-refractivity contribution in [3.05, 3.63) is 224 Å². The van der Waals surface area contributed by atoms with Crippen LogP contribution in [-0.2, 0) is 0 Å². The Morgan fingerprint density at radius 1 is 0.228 bits per heavy atom. The fraction of sp³-hybridized carbons (Fsp3) is 0. The zero-order valence-electron chi connectivity index (χ0n) is 31.3. The van der Waals surface area contributed by atoms with Gasteiger partial charge in [0.25, 0.3) is 0 Å². The van der Waals surface area contributed by atoms with Gasteiger partial charge in [-0.3, -0.25) is 0 Å². The highest BCUT2D eigenvalue weighted by atomic mass is 15.1. The minimum atomic E-state index is 1.11. The van der Waals surface area contributed by atoms with Crippen molar-refractivity contribution in [2.75, 3.05) is 4.90 Å². The van der Waals surface area contributed by atoms with Crippen LogP contribution in [0, 0.1) is 0 Å². The van der Waals surface area contributed by atoms with Crippen molar-refractivity contribution >= 4 is 70.9 Å². The van der Waals surface area contributed by atoms with E-state index >= 15 is 0 Å². The van der Waals surface area contributed by atoms with Crippen LogP contribution in [-0.4, -0.2) is 0 Å². The lowest BCUT2D eigenvalue weighted by Gasteiger charge is -2.28. The van der Waals surface area contributed by atoms with Crippen LogP contribution < -0.4 is 4.90 Å². The van der Waals surface area contributed by atoms with Gasteiger partial charge in [0.2, 0.25) is 0 Å². The van der Waals surface area contributed by atoms with E-state index in [1.54, 1.807) is 0 Å². The Hall–Kier alpha value is -7.48. The van der Waals surface area contributed by atoms with Crippen molar-refractivity contribution in [3.8, 4) is 33.4 Å². The molecule has 0 radical (unpaired) electrons. The maximum absolute atomic E-state index is 2.42. The lowest BCUT2D eigenvalue weighted by atomic mass is 9.94. The van der Waals surface area contributed by atoms with Gasteiger partial charge in [-0.2, -0.15) is 0 Å². The van der Waals surface area contributed by atoms with Crippen molar-refractivity contribution in [2.45, 2.75) is 0 Å². The largest absolute Gasteiger partial charge is 0.310 e. The third-order valence-corrected chi connectivity index (χ3v) is 11.6. The Bertz CT molecular complexity index is 3280. The van der Waals surface area contributed by atoms with E-state index in [0.29, 0.717) is 0 Å². The predicted molar refractivity (Wildman–Crippen MR) is 245 cm³/mol. The highest BCUT2D eigenvalue weighted by molar-refractivity contribution is 6.15. The second kappa shape index (κ2) is 13.7. The number of rotatable bonds is 6. The van der Waals surface area contributed by atoms with Crippen molar-refractivity contribution in [2.24, 2.45) is 0 Å². The van der Waals surface area contributed by atoms with Gasteiger partial charge >= 0.3 is 0 Å². The predicted octanol–water partition coefficient (Wildman–Crippen LogP) is 15.9. The van der Waals surface area contributed by atoms with Crippen LogP contribution in [0.5, 0.6) is 0 Å². The number of benzene rings is 11. The molecule has 1 nitrogen and oxygen atoms in total. The van der Waals surface area contributed by atoms with E-state index in [2.05, 4.69) is 229 Å². The molecule has 0 aromatic heterocycles. The van der Waals surface area contributed by atoms with Crippen molar-refractivity contribution in [3.63, 3.8) is 0 Å². The van der Waals surface area contributed by atoms with Crippen LogP contribution in [0.15, 0.2) is 224 Å². The van der Waals surface area contributed by atoms with E-state index in [1.807, 2.05) is 0 Å². The molecule has 0 spiro atoms. The van der Waals surface area contributed by atoms with Crippen molar-refractivity contribution in [1.82, 2.24) is 0 Å². The molecule has 11 aromatic carbocycles. The van der Waals surface area contributed by atoms with Gasteiger partial charge in [0.05, 0.1) is 5.69 Å². The fourth-order valence-corrected chi connectivity index (χ4v) is 8.88. The third kappa shape index (κ3) is 5.72. The molecular weight excluding hydrogens is 687 g/mol. The molecule has 0 bridgehead atoms. The Balaban J connectivity index is 1.03. The van der Waals surface area contributed by atoms with E-state index in [-0.39, 0.29) is 0 Å². The standard InChI is InChI=1S/C56H37N/c1-4-18-47-39(12-1)15-10-23-50(47)43-17-9-16-42(36-43)38-26-31-45(32-27-38)57(56-37-44-14-3-6-20-51(44)53-21-7-8-22-55(53)56)46-33-28-41(29-34-46)49-24-11-25-52-48-19-5-2-13-40(48)30-35-54(49)52/h1-37H. The molecule has 0 saturated heterocycles. The SMILES string of the molecule is c1cc(-c2ccc(N(c3ccc(-c4cccc5c4ccc4ccccc45)cc3)c3cc4ccccc4c4ccccc34)cc2)cc(-c2cccc3ccccc23)c1. The minimum Gasteiger partial charge on any atom is -0.310 e. The van der Waals surface area contributed by atoms with Gasteiger partial charge in [-0.15, -0.1) is 0 Å². The summed E-state index contributed by atoms with van der Waals surface area (Å²) in [5.41, 5.74) is 10.7. The molecule has 0 unspecified atom stereocenters. The highest BCUT2D eigenvalue weighted by Gasteiger charge is 2.18. The average molecular weight is 724 g/mol. The number of hydrogen-bond acceptors (Lipinski definition) is 1. The van der Waals surface area contributed by atoms with Crippen molar-refractivity contribution in [1.29, 1.82) is 0 Å². The molecule has 11 rings (SSSR count). The summed E-state index contributed by atoms with van der Waals surface area (Å²) in [6.45, 7) is 0. The van der Waals surface area contributed by atoms with E-state index in [0.717, 1.165) is 17.1 Å². The summed E-state index contributed by atoms with van der Waals surface area (Å²) < 4.78 is 0. The topological polar surface area (TPSA) is 3.24 Å². The second-order valence-corrected chi connectivity index (χ2v) is 14.9. The normalized spacial score (nSPS) is 11.5. The molecule has 0 N–H and O–H groups in total. The molecular formula is C56H37N. The smallest absolute Gasteiger partial charge is 0.0546 e. The van der Waals surface area contributed by atoms with E-state index in [9.17, 15) is 0 Å². The van der Waals surface area contributed by atoms with Crippen LogP contribution in [0.4, 0.5) is 17.1 Å². The summed E-state index contributed by atoms with van der Waals surface area (Å²) in [6, 6.07) is 82.0. The van der Waals surface area contributed by atoms with E-state index in [4.69, 9.17) is 0 Å². The molecule has 266 valence electrons. The number of nitrogens with zero attached hydrogens (tertiary/aromatic N) is 1. The van der Waals surface area contributed by atoms with Gasteiger partial charge in [0.15, 0.2) is 0 Å². The van der Waals surface area contributed by atoms with Crippen molar-refractivity contribution < 1.29 is 0 Å². The van der Waals surface area contributed by atoms with Crippen LogP contribution >= 0.6 is 0 Å². The average Bonchev–Trinajstić information content (AvgIpc) is 3.29.